The maximum absolute atomic E-state index is 4.72. The molecular weight excluding hydrogens is 246 g/mol. The minimum atomic E-state index is 0.584. The average molecular weight is 263 g/mol. The maximum atomic E-state index is 4.72. The summed E-state index contributed by atoms with van der Waals surface area (Å²) in [5, 5.41) is 17.9. The lowest BCUT2D eigenvalue weighted by atomic mass is 10.0. The van der Waals surface area contributed by atoms with Gasteiger partial charge in [-0.25, -0.2) is 0 Å². The van der Waals surface area contributed by atoms with Gasteiger partial charge in [-0.15, -0.1) is 10.2 Å². The van der Waals surface area contributed by atoms with E-state index in [1.54, 1.807) is 11.3 Å². The van der Waals surface area contributed by atoms with Gasteiger partial charge in [-0.1, -0.05) is 24.2 Å². The van der Waals surface area contributed by atoms with Crippen LogP contribution >= 0.6 is 11.3 Å². The van der Waals surface area contributed by atoms with Crippen molar-refractivity contribution in [3.8, 4) is 0 Å². The molecule has 0 spiro atoms. The summed E-state index contributed by atoms with van der Waals surface area (Å²) in [5.74, 6) is 2.45. The molecule has 0 aromatic carbocycles. The highest BCUT2D eigenvalue weighted by Crippen LogP contribution is 2.33. The van der Waals surface area contributed by atoms with E-state index in [0.717, 1.165) is 36.2 Å². The zero-order valence-electron chi connectivity index (χ0n) is 10.3. The highest BCUT2D eigenvalue weighted by atomic mass is 32.1. The summed E-state index contributed by atoms with van der Waals surface area (Å²) in [6.45, 7) is 2.27. The molecular formula is C12H17N5S. The van der Waals surface area contributed by atoms with Crippen molar-refractivity contribution in [1.82, 2.24) is 25.1 Å². The molecule has 0 unspecified atom stereocenters. The molecule has 5 nitrogen and oxygen atoms in total. The van der Waals surface area contributed by atoms with Gasteiger partial charge in [0.1, 0.15) is 5.01 Å². The first-order valence-corrected chi connectivity index (χ1v) is 7.63. The Hall–Kier alpha value is -1.01. The largest absolute Gasteiger partial charge is 0.316 e. The van der Waals surface area contributed by atoms with Gasteiger partial charge >= 0.3 is 0 Å². The van der Waals surface area contributed by atoms with Crippen molar-refractivity contribution in [3.05, 3.63) is 10.8 Å². The monoisotopic (exact) mass is 263 g/mol. The third-order valence-corrected chi connectivity index (χ3v) is 5.03. The lowest BCUT2D eigenvalue weighted by Crippen LogP contribution is -2.43. The standard InChI is InChI=1S/C12H17N5S/c1-2-4-9(3-1)11-14-15-12-17(11)16-10(18-12)5-8-6-13-7-8/h8-9,13H,1-7H2. The third-order valence-electron chi connectivity index (χ3n) is 4.11. The fourth-order valence-electron chi connectivity index (χ4n) is 2.93. The molecule has 0 bridgehead atoms. The van der Waals surface area contributed by atoms with Crippen LogP contribution in [0.3, 0.4) is 0 Å². The van der Waals surface area contributed by atoms with Crippen LogP contribution in [0.1, 0.15) is 42.4 Å². The predicted octanol–water partition coefficient (Wildman–Crippen LogP) is 1.61. The molecule has 1 saturated carbocycles. The van der Waals surface area contributed by atoms with Crippen molar-refractivity contribution in [2.24, 2.45) is 5.92 Å². The first-order chi connectivity index (χ1) is 8.90. The molecule has 0 radical (unpaired) electrons. The summed E-state index contributed by atoms with van der Waals surface area (Å²) in [7, 11) is 0. The Morgan fingerprint density at radius 1 is 1.22 bits per heavy atom. The van der Waals surface area contributed by atoms with Gasteiger partial charge in [0.05, 0.1) is 0 Å². The summed E-state index contributed by atoms with van der Waals surface area (Å²) in [6, 6.07) is 0. The minimum absolute atomic E-state index is 0.584. The molecule has 2 fully saturated rings. The van der Waals surface area contributed by atoms with E-state index >= 15 is 0 Å². The van der Waals surface area contributed by atoms with Crippen LogP contribution in [0.4, 0.5) is 0 Å². The first kappa shape index (κ1) is 10.9. The Morgan fingerprint density at radius 3 is 2.78 bits per heavy atom. The van der Waals surface area contributed by atoms with Crippen molar-refractivity contribution in [2.45, 2.75) is 38.0 Å². The van der Waals surface area contributed by atoms with Crippen molar-refractivity contribution in [2.75, 3.05) is 13.1 Å². The molecule has 1 saturated heterocycles. The van der Waals surface area contributed by atoms with Gasteiger partial charge in [-0.05, 0) is 31.8 Å². The topological polar surface area (TPSA) is 55.1 Å². The van der Waals surface area contributed by atoms with Crippen LogP contribution in [0.25, 0.3) is 4.96 Å². The number of hydrogen-bond acceptors (Lipinski definition) is 5. The third kappa shape index (κ3) is 1.75. The molecule has 18 heavy (non-hydrogen) atoms. The number of nitrogens with zero attached hydrogens (tertiary/aromatic N) is 4. The Morgan fingerprint density at radius 2 is 2.06 bits per heavy atom. The van der Waals surface area contributed by atoms with E-state index in [1.807, 2.05) is 4.52 Å². The van der Waals surface area contributed by atoms with E-state index in [9.17, 15) is 0 Å². The van der Waals surface area contributed by atoms with Gasteiger partial charge in [0.15, 0.2) is 5.82 Å². The molecule has 0 atom stereocenters. The highest BCUT2D eigenvalue weighted by molar-refractivity contribution is 7.16. The van der Waals surface area contributed by atoms with Gasteiger partial charge in [-0.3, -0.25) is 0 Å². The molecule has 4 rings (SSSR count). The van der Waals surface area contributed by atoms with E-state index in [4.69, 9.17) is 5.10 Å². The zero-order chi connectivity index (χ0) is 11.9. The molecule has 2 aromatic rings. The van der Waals surface area contributed by atoms with Crippen LogP contribution in [0.2, 0.25) is 0 Å². The minimum Gasteiger partial charge on any atom is -0.316 e. The van der Waals surface area contributed by atoms with Crippen LogP contribution in [0.5, 0.6) is 0 Å². The van der Waals surface area contributed by atoms with Crippen molar-refractivity contribution >= 4 is 16.3 Å². The summed E-state index contributed by atoms with van der Waals surface area (Å²) >= 11 is 1.70. The number of rotatable bonds is 3. The van der Waals surface area contributed by atoms with Gasteiger partial charge < -0.3 is 5.32 Å². The van der Waals surface area contributed by atoms with Crippen LogP contribution in [0, 0.1) is 5.92 Å². The Labute approximate surface area is 110 Å². The molecule has 1 N–H and O–H groups in total. The number of fused-ring (bicyclic) bond motifs is 1. The van der Waals surface area contributed by atoms with Gasteiger partial charge in [0.25, 0.3) is 0 Å². The second-order valence-corrected chi connectivity index (χ2v) is 6.50. The van der Waals surface area contributed by atoms with Crippen LogP contribution in [0.15, 0.2) is 0 Å². The van der Waals surface area contributed by atoms with E-state index in [1.165, 1.54) is 30.7 Å². The van der Waals surface area contributed by atoms with E-state index in [2.05, 4.69) is 15.5 Å². The summed E-state index contributed by atoms with van der Waals surface area (Å²) in [4.78, 5) is 0.971. The fourth-order valence-corrected chi connectivity index (χ4v) is 3.89. The predicted molar refractivity (Wildman–Crippen MR) is 69.9 cm³/mol. The highest BCUT2D eigenvalue weighted by Gasteiger charge is 2.25. The van der Waals surface area contributed by atoms with Crippen molar-refractivity contribution in [1.29, 1.82) is 0 Å². The smallest absolute Gasteiger partial charge is 0.234 e. The summed E-state index contributed by atoms with van der Waals surface area (Å²) in [6.07, 6.45) is 6.24. The molecule has 2 aromatic heterocycles. The van der Waals surface area contributed by atoms with Crippen molar-refractivity contribution in [3.63, 3.8) is 0 Å². The molecule has 0 amide bonds. The number of hydrogen-bond donors (Lipinski definition) is 1. The number of nitrogens with one attached hydrogen (secondary N) is 1. The number of aromatic nitrogens is 4. The SMILES string of the molecule is C1CCC(c2nnc3sc(CC4CNC4)nn23)C1. The average Bonchev–Trinajstić information content (AvgIpc) is 2.98. The molecule has 2 aliphatic rings. The molecule has 1 aliphatic heterocycles. The van der Waals surface area contributed by atoms with Gasteiger partial charge in [0.2, 0.25) is 4.96 Å². The van der Waals surface area contributed by atoms with Gasteiger partial charge in [-0.2, -0.15) is 9.61 Å². The van der Waals surface area contributed by atoms with Gasteiger partial charge in [0, 0.05) is 12.3 Å². The lowest BCUT2D eigenvalue weighted by molar-refractivity contribution is 0.345. The summed E-state index contributed by atoms with van der Waals surface area (Å²) < 4.78 is 2.00. The van der Waals surface area contributed by atoms with Crippen molar-refractivity contribution < 1.29 is 0 Å². The Balaban J connectivity index is 1.63. The molecule has 6 heteroatoms. The normalized spacial score (nSPS) is 21.8. The zero-order valence-corrected chi connectivity index (χ0v) is 11.1. The second kappa shape index (κ2) is 4.28. The molecule has 96 valence electrons. The Kier molecular flexibility index (Phi) is 2.58. The quantitative estimate of drug-likeness (QED) is 0.914. The second-order valence-electron chi connectivity index (χ2n) is 5.46. The summed E-state index contributed by atoms with van der Waals surface area (Å²) in [5.41, 5.74) is 0. The lowest BCUT2D eigenvalue weighted by Gasteiger charge is -2.25. The van der Waals surface area contributed by atoms with E-state index < -0.39 is 0 Å². The molecule has 1 aliphatic carbocycles. The van der Waals surface area contributed by atoms with Crippen LogP contribution in [-0.4, -0.2) is 32.9 Å². The first-order valence-electron chi connectivity index (χ1n) is 6.82. The molecule has 3 heterocycles. The van der Waals surface area contributed by atoms with Crippen LogP contribution in [-0.2, 0) is 6.42 Å². The van der Waals surface area contributed by atoms with E-state index in [0.29, 0.717) is 5.92 Å². The van der Waals surface area contributed by atoms with E-state index in [-0.39, 0.29) is 0 Å². The Bertz CT molecular complexity index is 550. The fraction of sp³-hybridized carbons (Fsp3) is 0.750. The maximum Gasteiger partial charge on any atom is 0.234 e. The van der Waals surface area contributed by atoms with Crippen LogP contribution < -0.4 is 5.32 Å².